The number of rotatable bonds is 6. The fraction of sp³-hybridized carbons (Fsp3) is 0.538. The Labute approximate surface area is 97.4 Å². The molecule has 1 rings (SSSR count). The Morgan fingerprint density at radius 1 is 1.38 bits per heavy atom. The van der Waals surface area contributed by atoms with Crippen LogP contribution in [0.1, 0.15) is 33.1 Å². The summed E-state index contributed by atoms with van der Waals surface area (Å²) in [5, 5.41) is 13.0. The first-order valence-corrected chi connectivity index (χ1v) is 5.84. The molecule has 3 nitrogen and oxygen atoms in total. The molecule has 2 N–H and O–H groups in total. The summed E-state index contributed by atoms with van der Waals surface area (Å²) in [5.74, 6) is 0.688. The molecule has 1 atom stereocenters. The van der Waals surface area contributed by atoms with E-state index in [9.17, 15) is 5.11 Å². The van der Waals surface area contributed by atoms with Crippen molar-refractivity contribution >= 4 is 5.69 Å². The van der Waals surface area contributed by atoms with Gasteiger partial charge in [0.1, 0.15) is 0 Å². The summed E-state index contributed by atoms with van der Waals surface area (Å²) in [5.41, 5.74) is 0.943. The van der Waals surface area contributed by atoms with Crippen molar-refractivity contribution in [3.05, 3.63) is 18.2 Å². The average Bonchev–Trinajstić information content (AvgIpc) is 2.28. The van der Waals surface area contributed by atoms with Crippen LogP contribution in [0.3, 0.4) is 0 Å². The Balaban J connectivity index is 2.69. The molecule has 0 bridgehead atoms. The minimum absolute atomic E-state index is 0.179. The Morgan fingerprint density at radius 3 is 2.62 bits per heavy atom. The van der Waals surface area contributed by atoms with Crippen molar-refractivity contribution in [1.82, 2.24) is 0 Å². The number of anilines is 1. The van der Waals surface area contributed by atoms with Crippen LogP contribution in [-0.2, 0) is 0 Å². The zero-order valence-corrected chi connectivity index (χ0v) is 10.3. The van der Waals surface area contributed by atoms with Crippen LogP contribution in [-0.4, -0.2) is 18.3 Å². The second-order valence-corrected chi connectivity index (χ2v) is 3.92. The summed E-state index contributed by atoms with van der Waals surface area (Å²) < 4.78 is 5.00. The van der Waals surface area contributed by atoms with E-state index in [2.05, 4.69) is 19.2 Å². The number of aromatic hydroxyl groups is 1. The number of nitrogens with one attached hydrogen (secondary N) is 1. The van der Waals surface area contributed by atoms with Gasteiger partial charge in [-0.1, -0.05) is 20.3 Å². The molecule has 1 aromatic rings. The number of ether oxygens (including phenoxy) is 1. The minimum Gasteiger partial charge on any atom is -0.504 e. The third-order valence-electron chi connectivity index (χ3n) is 2.68. The van der Waals surface area contributed by atoms with E-state index in [4.69, 9.17) is 4.74 Å². The smallest absolute Gasteiger partial charge is 0.160 e. The lowest BCUT2D eigenvalue weighted by atomic mass is 10.1. The first-order valence-electron chi connectivity index (χ1n) is 5.84. The van der Waals surface area contributed by atoms with E-state index < -0.39 is 0 Å². The third-order valence-corrected chi connectivity index (χ3v) is 2.68. The quantitative estimate of drug-likeness (QED) is 0.776. The number of hydrogen-bond acceptors (Lipinski definition) is 3. The van der Waals surface area contributed by atoms with Crippen molar-refractivity contribution in [3.63, 3.8) is 0 Å². The van der Waals surface area contributed by atoms with Gasteiger partial charge in [-0.15, -0.1) is 0 Å². The summed E-state index contributed by atoms with van der Waals surface area (Å²) in [4.78, 5) is 0. The SMILES string of the molecule is CCCC(CC)Nc1ccc(OC)c(O)c1. The molecule has 0 saturated carbocycles. The number of benzene rings is 1. The zero-order chi connectivity index (χ0) is 12.0. The molecule has 0 saturated heterocycles. The first kappa shape index (κ1) is 12.7. The minimum atomic E-state index is 0.179. The zero-order valence-electron chi connectivity index (χ0n) is 10.3. The van der Waals surface area contributed by atoms with Gasteiger partial charge in [0.15, 0.2) is 11.5 Å². The lowest BCUT2D eigenvalue weighted by molar-refractivity contribution is 0.373. The van der Waals surface area contributed by atoms with E-state index in [1.54, 1.807) is 19.2 Å². The number of methoxy groups -OCH3 is 1. The van der Waals surface area contributed by atoms with E-state index in [0.29, 0.717) is 11.8 Å². The Hall–Kier alpha value is -1.38. The highest BCUT2D eigenvalue weighted by Gasteiger charge is 2.07. The molecule has 16 heavy (non-hydrogen) atoms. The lowest BCUT2D eigenvalue weighted by Gasteiger charge is -2.18. The van der Waals surface area contributed by atoms with Crippen LogP contribution in [0.15, 0.2) is 18.2 Å². The van der Waals surface area contributed by atoms with E-state index in [-0.39, 0.29) is 5.75 Å². The standard InChI is InChI=1S/C13H21NO2/c1-4-6-10(5-2)14-11-7-8-13(16-3)12(15)9-11/h7-10,14-15H,4-6H2,1-3H3. The highest BCUT2D eigenvalue weighted by atomic mass is 16.5. The van der Waals surface area contributed by atoms with Gasteiger partial charge >= 0.3 is 0 Å². The van der Waals surface area contributed by atoms with E-state index >= 15 is 0 Å². The maximum atomic E-state index is 9.64. The van der Waals surface area contributed by atoms with Crippen LogP contribution in [0.5, 0.6) is 11.5 Å². The molecule has 3 heteroatoms. The Morgan fingerprint density at radius 2 is 2.12 bits per heavy atom. The maximum absolute atomic E-state index is 9.64. The number of phenolic OH excluding ortho intramolecular Hbond substituents is 1. The molecule has 0 amide bonds. The predicted octanol–water partition coefficient (Wildman–Crippen LogP) is 3.39. The summed E-state index contributed by atoms with van der Waals surface area (Å²) in [6.45, 7) is 4.34. The highest BCUT2D eigenvalue weighted by molar-refractivity contribution is 5.54. The topological polar surface area (TPSA) is 41.5 Å². The monoisotopic (exact) mass is 223 g/mol. The van der Waals surface area contributed by atoms with Crippen molar-refractivity contribution in [3.8, 4) is 11.5 Å². The van der Waals surface area contributed by atoms with E-state index in [1.807, 2.05) is 6.07 Å². The Kier molecular flexibility index (Phi) is 4.96. The van der Waals surface area contributed by atoms with Gasteiger partial charge in [-0.2, -0.15) is 0 Å². The van der Waals surface area contributed by atoms with Gasteiger partial charge in [-0.25, -0.2) is 0 Å². The highest BCUT2D eigenvalue weighted by Crippen LogP contribution is 2.29. The summed E-state index contributed by atoms with van der Waals surface area (Å²) in [7, 11) is 1.55. The van der Waals surface area contributed by atoms with Crippen LogP contribution in [0.4, 0.5) is 5.69 Å². The molecule has 0 aliphatic heterocycles. The first-order chi connectivity index (χ1) is 7.71. The second kappa shape index (κ2) is 6.26. The van der Waals surface area contributed by atoms with Crippen LogP contribution in [0, 0.1) is 0 Å². The lowest BCUT2D eigenvalue weighted by Crippen LogP contribution is -2.17. The summed E-state index contributed by atoms with van der Waals surface area (Å²) >= 11 is 0. The maximum Gasteiger partial charge on any atom is 0.160 e. The molecule has 0 spiro atoms. The second-order valence-electron chi connectivity index (χ2n) is 3.92. The molecule has 0 radical (unpaired) electrons. The number of phenols is 1. The molecule has 90 valence electrons. The molecule has 0 aliphatic rings. The molecule has 1 unspecified atom stereocenters. The molecule has 0 fully saturated rings. The fourth-order valence-corrected chi connectivity index (χ4v) is 1.74. The molecule has 0 aliphatic carbocycles. The van der Waals surface area contributed by atoms with Gasteiger partial charge in [0, 0.05) is 17.8 Å². The van der Waals surface area contributed by atoms with Crippen molar-refractivity contribution in [2.75, 3.05) is 12.4 Å². The number of hydrogen-bond donors (Lipinski definition) is 2. The van der Waals surface area contributed by atoms with Gasteiger partial charge in [0.25, 0.3) is 0 Å². The third kappa shape index (κ3) is 3.33. The predicted molar refractivity (Wildman–Crippen MR) is 67.3 cm³/mol. The normalized spacial score (nSPS) is 12.2. The van der Waals surface area contributed by atoms with Crippen LogP contribution in [0.25, 0.3) is 0 Å². The van der Waals surface area contributed by atoms with E-state index in [0.717, 1.165) is 24.9 Å². The molecular weight excluding hydrogens is 202 g/mol. The Bertz CT molecular complexity index is 326. The van der Waals surface area contributed by atoms with Gasteiger partial charge in [0.05, 0.1) is 7.11 Å². The van der Waals surface area contributed by atoms with Gasteiger partial charge in [-0.05, 0) is 25.0 Å². The van der Waals surface area contributed by atoms with Crippen LogP contribution < -0.4 is 10.1 Å². The van der Waals surface area contributed by atoms with Crippen LogP contribution >= 0.6 is 0 Å². The largest absolute Gasteiger partial charge is 0.504 e. The van der Waals surface area contributed by atoms with Crippen molar-refractivity contribution in [2.45, 2.75) is 39.2 Å². The molecule has 1 aromatic carbocycles. The molecule has 0 heterocycles. The van der Waals surface area contributed by atoms with Crippen molar-refractivity contribution in [1.29, 1.82) is 0 Å². The fourth-order valence-electron chi connectivity index (χ4n) is 1.74. The van der Waals surface area contributed by atoms with Gasteiger partial charge in [0.2, 0.25) is 0 Å². The van der Waals surface area contributed by atoms with Gasteiger partial charge < -0.3 is 15.2 Å². The van der Waals surface area contributed by atoms with Crippen molar-refractivity contribution < 1.29 is 9.84 Å². The van der Waals surface area contributed by atoms with Crippen LogP contribution in [0.2, 0.25) is 0 Å². The molecular formula is C13H21NO2. The molecule has 0 aromatic heterocycles. The van der Waals surface area contributed by atoms with E-state index in [1.165, 1.54) is 0 Å². The van der Waals surface area contributed by atoms with Crippen molar-refractivity contribution in [2.24, 2.45) is 0 Å². The summed E-state index contributed by atoms with van der Waals surface area (Å²) in [6, 6.07) is 5.88. The van der Waals surface area contributed by atoms with Gasteiger partial charge in [-0.3, -0.25) is 0 Å². The summed E-state index contributed by atoms with van der Waals surface area (Å²) in [6.07, 6.45) is 3.39. The average molecular weight is 223 g/mol.